The molecular weight excluding hydrogens is 594 g/mol. The molecule has 0 aromatic rings. The molecule has 2 atom stereocenters. The van der Waals surface area contributed by atoms with Crippen LogP contribution in [0.4, 0.5) is 0 Å². The standard InChI is InChI=1S/C39H65NO5S/c1-3-5-7-9-11-13-15-17-19-20-21-23-25-27-29-31-33-35-39(42)40-37(36-46(43,44)45)38(41)34-32-30-28-26-24-22-18-16-14-12-10-8-6-4-2/h5,7,11,13,17,19,21,23-24,26-27,29,32,34,37-38,41H,3-4,6,8-10,12,14-16,18,20,22,25,28,30-31,33,35-36H2,1-2H3,(H,40,42)(H,43,44,45)/b7-5-,13-11-,19-17-,23-21-,26-24+,29-27-,34-32+. The summed E-state index contributed by atoms with van der Waals surface area (Å²) >= 11 is 0. The van der Waals surface area contributed by atoms with Gasteiger partial charge in [-0.2, -0.15) is 8.42 Å². The van der Waals surface area contributed by atoms with Crippen LogP contribution in [0, 0.1) is 0 Å². The van der Waals surface area contributed by atoms with Crippen LogP contribution in [0.3, 0.4) is 0 Å². The third-order valence-corrected chi connectivity index (χ3v) is 8.09. The molecule has 262 valence electrons. The maximum Gasteiger partial charge on any atom is 0.267 e. The normalized spacial score (nSPS) is 14.4. The van der Waals surface area contributed by atoms with Gasteiger partial charge < -0.3 is 10.4 Å². The highest BCUT2D eigenvalue weighted by molar-refractivity contribution is 7.85. The Morgan fingerprint density at radius 3 is 1.63 bits per heavy atom. The predicted molar refractivity (Wildman–Crippen MR) is 197 cm³/mol. The van der Waals surface area contributed by atoms with Crippen molar-refractivity contribution in [1.29, 1.82) is 0 Å². The Balaban J connectivity index is 4.20. The van der Waals surface area contributed by atoms with Gasteiger partial charge in [0.25, 0.3) is 10.1 Å². The lowest BCUT2D eigenvalue weighted by Crippen LogP contribution is -2.46. The zero-order valence-corrected chi connectivity index (χ0v) is 29.7. The monoisotopic (exact) mass is 659 g/mol. The molecule has 6 nitrogen and oxygen atoms in total. The number of hydrogen-bond acceptors (Lipinski definition) is 4. The first-order valence-electron chi connectivity index (χ1n) is 17.8. The van der Waals surface area contributed by atoms with Crippen molar-refractivity contribution in [3.63, 3.8) is 0 Å². The second kappa shape index (κ2) is 32.5. The number of aliphatic hydroxyl groups excluding tert-OH is 1. The summed E-state index contributed by atoms with van der Waals surface area (Å²) in [4.78, 5) is 12.4. The fourth-order valence-electron chi connectivity index (χ4n) is 4.67. The lowest BCUT2D eigenvalue weighted by atomic mass is 10.1. The third-order valence-electron chi connectivity index (χ3n) is 7.31. The summed E-state index contributed by atoms with van der Waals surface area (Å²) in [6, 6.07) is -1.11. The smallest absolute Gasteiger partial charge is 0.267 e. The Bertz CT molecular complexity index is 1040. The van der Waals surface area contributed by atoms with E-state index in [1.807, 2.05) is 6.08 Å². The molecule has 0 aliphatic heterocycles. The van der Waals surface area contributed by atoms with E-state index in [0.29, 0.717) is 12.8 Å². The minimum atomic E-state index is -4.37. The minimum absolute atomic E-state index is 0.205. The molecule has 0 spiro atoms. The largest absolute Gasteiger partial charge is 0.387 e. The van der Waals surface area contributed by atoms with Gasteiger partial charge in [0.15, 0.2) is 0 Å². The second-order valence-electron chi connectivity index (χ2n) is 11.8. The number of hydrogen-bond donors (Lipinski definition) is 3. The van der Waals surface area contributed by atoms with Crippen LogP contribution in [-0.2, 0) is 14.9 Å². The van der Waals surface area contributed by atoms with E-state index in [4.69, 9.17) is 0 Å². The maximum absolute atomic E-state index is 12.4. The van der Waals surface area contributed by atoms with E-state index in [2.05, 4.69) is 86.0 Å². The molecule has 2 unspecified atom stereocenters. The highest BCUT2D eigenvalue weighted by atomic mass is 32.2. The van der Waals surface area contributed by atoms with Gasteiger partial charge >= 0.3 is 0 Å². The van der Waals surface area contributed by atoms with Gasteiger partial charge in [-0.25, -0.2) is 0 Å². The number of allylic oxidation sites excluding steroid dienone is 13. The van der Waals surface area contributed by atoms with Gasteiger partial charge in [0.05, 0.1) is 17.9 Å². The second-order valence-corrected chi connectivity index (χ2v) is 13.3. The van der Waals surface area contributed by atoms with Crippen molar-refractivity contribution in [3.8, 4) is 0 Å². The van der Waals surface area contributed by atoms with Gasteiger partial charge in [-0.05, 0) is 70.6 Å². The highest BCUT2D eigenvalue weighted by Gasteiger charge is 2.24. The van der Waals surface area contributed by atoms with Crippen molar-refractivity contribution >= 4 is 16.0 Å². The van der Waals surface area contributed by atoms with Crippen molar-refractivity contribution in [2.75, 3.05) is 5.75 Å². The van der Waals surface area contributed by atoms with Crippen molar-refractivity contribution in [3.05, 3.63) is 85.1 Å². The molecule has 0 aromatic heterocycles. The van der Waals surface area contributed by atoms with E-state index in [9.17, 15) is 22.9 Å². The van der Waals surface area contributed by atoms with Crippen LogP contribution in [0.2, 0.25) is 0 Å². The number of rotatable bonds is 30. The first kappa shape index (κ1) is 43.5. The summed E-state index contributed by atoms with van der Waals surface area (Å²) in [6.07, 6.45) is 47.1. The molecule has 0 aromatic carbocycles. The first-order chi connectivity index (χ1) is 22.3. The average Bonchev–Trinajstić information content (AvgIpc) is 3.01. The van der Waals surface area contributed by atoms with Crippen molar-refractivity contribution < 1.29 is 22.9 Å². The molecule has 0 aliphatic carbocycles. The quantitative estimate of drug-likeness (QED) is 0.0404. The van der Waals surface area contributed by atoms with Crippen LogP contribution in [0.15, 0.2) is 85.1 Å². The Kier molecular flexibility index (Phi) is 30.7. The molecule has 0 radical (unpaired) electrons. The van der Waals surface area contributed by atoms with Crippen LogP contribution in [0.5, 0.6) is 0 Å². The van der Waals surface area contributed by atoms with Crippen LogP contribution in [0.25, 0.3) is 0 Å². The summed E-state index contributed by atoms with van der Waals surface area (Å²) in [5.74, 6) is -1.09. The van der Waals surface area contributed by atoms with Crippen LogP contribution in [-0.4, -0.2) is 41.9 Å². The molecule has 0 saturated heterocycles. The fourth-order valence-corrected chi connectivity index (χ4v) is 5.41. The molecule has 7 heteroatoms. The predicted octanol–water partition coefficient (Wildman–Crippen LogP) is 10.1. The molecule has 0 bridgehead atoms. The molecule has 46 heavy (non-hydrogen) atoms. The maximum atomic E-state index is 12.4. The van der Waals surface area contributed by atoms with E-state index in [1.165, 1.54) is 57.4 Å². The molecule has 3 N–H and O–H groups in total. The summed E-state index contributed by atoms with van der Waals surface area (Å²) < 4.78 is 32.3. The highest BCUT2D eigenvalue weighted by Crippen LogP contribution is 2.10. The Morgan fingerprint density at radius 1 is 0.609 bits per heavy atom. The Morgan fingerprint density at radius 2 is 1.07 bits per heavy atom. The van der Waals surface area contributed by atoms with Gasteiger partial charge in [-0.3, -0.25) is 9.35 Å². The molecule has 1 amide bonds. The number of carbonyl (C=O) groups is 1. The van der Waals surface area contributed by atoms with Gasteiger partial charge in [0, 0.05) is 6.42 Å². The fraction of sp³-hybridized carbons (Fsp3) is 0.615. The van der Waals surface area contributed by atoms with E-state index in [-0.39, 0.29) is 12.3 Å². The summed E-state index contributed by atoms with van der Waals surface area (Å²) in [5.41, 5.74) is 0. The Hall–Kier alpha value is -2.48. The van der Waals surface area contributed by atoms with Crippen LogP contribution >= 0.6 is 0 Å². The molecular formula is C39H65NO5S. The topological polar surface area (TPSA) is 104 Å². The summed E-state index contributed by atoms with van der Waals surface area (Å²) in [5, 5.41) is 13.1. The van der Waals surface area contributed by atoms with Gasteiger partial charge in [-0.15, -0.1) is 0 Å². The third kappa shape index (κ3) is 32.9. The number of nitrogens with one attached hydrogen (secondary N) is 1. The molecule has 0 aliphatic rings. The van der Waals surface area contributed by atoms with Crippen molar-refractivity contribution in [1.82, 2.24) is 5.32 Å². The Labute approximate surface area is 282 Å². The molecule has 0 heterocycles. The first-order valence-corrected chi connectivity index (χ1v) is 19.4. The number of amides is 1. The lowest BCUT2D eigenvalue weighted by molar-refractivity contribution is -0.122. The zero-order chi connectivity index (χ0) is 34.0. The van der Waals surface area contributed by atoms with Gasteiger partial charge in [-0.1, -0.05) is 144 Å². The summed E-state index contributed by atoms with van der Waals surface area (Å²) in [7, 11) is -4.37. The van der Waals surface area contributed by atoms with Gasteiger partial charge in [0.2, 0.25) is 5.91 Å². The van der Waals surface area contributed by atoms with Crippen LogP contribution in [0.1, 0.15) is 136 Å². The van der Waals surface area contributed by atoms with E-state index < -0.39 is 28.0 Å². The number of carbonyl (C=O) groups excluding carboxylic acids is 1. The van der Waals surface area contributed by atoms with E-state index >= 15 is 0 Å². The van der Waals surface area contributed by atoms with Crippen molar-refractivity contribution in [2.45, 2.75) is 148 Å². The minimum Gasteiger partial charge on any atom is -0.387 e. The molecule has 0 fully saturated rings. The average molecular weight is 660 g/mol. The summed E-state index contributed by atoms with van der Waals surface area (Å²) in [6.45, 7) is 4.37. The molecule has 0 rings (SSSR count). The van der Waals surface area contributed by atoms with E-state index in [0.717, 1.165) is 51.4 Å². The van der Waals surface area contributed by atoms with E-state index in [1.54, 1.807) is 6.08 Å². The number of aliphatic hydroxyl groups is 1. The van der Waals surface area contributed by atoms with Crippen molar-refractivity contribution in [2.24, 2.45) is 0 Å². The van der Waals surface area contributed by atoms with Gasteiger partial charge in [0.1, 0.15) is 0 Å². The molecule has 0 saturated carbocycles. The number of unbranched alkanes of at least 4 members (excludes halogenated alkanes) is 10. The lowest BCUT2D eigenvalue weighted by Gasteiger charge is -2.21. The SMILES string of the molecule is CC/C=C\C/C=C\C/C=C\C/C=C\C/C=C\CCCC(=O)NC(CS(=O)(=O)O)C(O)/C=C/CC/C=C/CCCCCCCCCC. The van der Waals surface area contributed by atoms with Crippen LogP contribution < -0.4 is 5.32 Å². The zero-order valence-electron chi connectivity index (χ0n) is 28.9.